The maximum atomic E-state index is 14.8. The highest BCUT2D eigenvalue weighted by molar-refractivity contribution is 5.99. The van der Waals surface area contributed by atoms with Crippen molar-refractivity contribution >= 4 is 17.5 Å². The fourth-order valence-electron chi connectivity index (χ4n) is 4.77. The van der Waals surface area contributed by atoms with Crippen molar-refractivity contribution in [2.24, 2.45) is 0 Å². The van der Waals surface area contributed by atoms with Gasteiger partial charge in [-0.2, -0.15) is 5.10 Å². The van der Waals surface area contributed by atoms with Gasteiger partial charge in [0.1, 0.15) is 11.5 Å². The van der Waals surface area contributed by atoms with Gasteiger partial charge in [-0.3, -0.25) is 4.68 Å². The van der Waals surface area contributed by atoms with Gasteiger partial charge in [0, 0.05) is 41.9 Å². The fraction of sp³-hybridized carbons (Fsp3) is 0.400. The molecule has 34 heavy (non-hydrogen) atoms. The summed E-state index contributed by atoms with van der Waals surface area (Å²) in [5, 5.41) is 7.41. The molecule has 2 aromatic heterocycles. The van der Waals surface area contributed by atoms with E-state index < -0.39 is 11.5 Å². The number of nitrogens with zero attached hydrogens (tertiary/aromatic N) is 5. The van der Waals surface area contributed by atoms with E-state index in [-0.39, 0.29) is 18.6 Å². The Balaban J connectivity index is 1.49. The maximum Gasteiger partial charge on any atom is 0.322 e. The Labute approximate surface area is 197 Å². The van der Waals surface area contributed by atoms with Gasteiger partial charge in [0.25, 0.3) is 0 Å². The standard InChI is InChI=1S/C25H28F2N6O/c1-16(2)33-21-14-32(13-17(21)12-29-33)24(34)30-22-19(18-6-4-5-7-20(18)26)8-10-28-23(22)31-11-9-25(3,27)15-31/h4-8,10,12,16H,9,11,13-15H2,1-3H3,(H,30,34). The normalized spacial score (nSPS) is 19.7. The summed E-state index contributed by atoms with van der Waals surface area (Å²) in [6.45, 7) is 7.14. The van der Waals surface area contributed by atoms with Gasteiger partial charge >= 0.3 is 6.03 Å². The number of carbonyl (C=O) groups is 1. The molecule has 4 heterocycles. The molecule has 1 atom stereocenters. The van der Waals surface area contributed by atoms with E-state index in [1.807, 2.05) is 23.4 Å². The monoisotopic (exact) mass is 466 g/mol. The van der Waals surface area contributed by atoms with Gasteiger partial charge in [0.05, 0.1) is 37.2 Å². The number of urea groups is 1. The first-order chi connectivity index (χ1) is 16.2. The number of pyridine rings is 1. The minimum Gasteiger partial charge on any atom is -0.352 e. The van der Waals surface area contributed by atoms with Crippen LogP contribution >= 0.6 is 0 Å². The number of hydrogen-bond acceptors (Lipinski definition) is 4. The molecule has 2 aliphatic rings. The van der Waals surface area contributed by atoms with Gasteiger partial charge in [-0.25, -0.2) is 18.6 Å². The Morgan fingerprint density at radius 2 is 1.97 bits per heavy atom. The number of benzene rings is 1. The van der Waals surface area contributed by atoms with Crippen LogP contribution in [0.3, 0.4) is 0 Å². The van der Waals surface area contributed by atoms with Gasteiger partial charge in [-0.05, 0) is 32.9 Å². The maximum absolute atomic E-state index is 14.8. The Morgan fingerprint density at radius 1 is 1.18 bits per heavy atom. The molecule has 9 heteroatoms. The summed E-state index contributed by atoms with van der Waals surface area (Å²) in [6.07, 6.45) is 3.73. The quantitative estimate of drug-likeness (QED) is 0.578. The summed E-state index contributed by atoms with van der Waals surface area (Å²) in [6, 6.07) is 7.95. The zero-order chi connectivity index (χ0) is 24.0. The van der Waals surface area contributed by atoms with Crippen molar-refractivity contribution in [3.63, 3.8) is 0 Å². The van der Waals surface area contributed by atoms with E-state index in [1.165, 1.54) is 6.07 Å². The van der Waals surface area contributed by atoms with Crippen molar-refractivity contribution in [1.29, 1.82) is 0 Å². The van der Waals surface area contributed by atoms with Crippen molar-refractivity contribution < 1.29 is 13.6 Å². The number of amides is 2. The van der Waals surface area contributed by atoms with Crippen molar-refractivity contribution in [1.82, 2.24) is 19.7 Å². The zero-order valence-corrected chi connectivity index (χ0v) is 19.6. The van der Waals surface area contributed by atoms with Crippen LogP contribution in [0.1, 0.15) is 44.5 Å². The first kappa shape index (κ1) is 22.3. The van der Waals surface area contributed by atoms with Gasteiger partial charge in [-0.1, -0.05) is 18.2 Å². The van der Waals surface area contributed by atoms with Gasteiger partial charge < -0.3 is 15.1 Å². The van der Waals surface area contributed by atoms with Crippen LogP contribution in [0.15, 0.2) is 42.7 Å². The molecule has 1 aromatic carbocycles. The molecule has 0 saturated carbocycles. The fourth-order valence-corrected chi connectivity index (χ4v) is 4.77. The predicted octanol–water partition coefficient (Wildman–Crippen LogP) is 5.15. The lowest BCUT2D eigenvalue weighted by Crippen LogP contribution is -2.33. The largest absolute Gasteiger partial charge is 0.352 e. The van der Waals surface area contributed by atoms with Crippen LogP contribution in [0.25, 0.3) is 11.1 Å². The predicted molar refractivity (Wildman–Crippen MR) is 127 cm³/mol. The minimum absolute atomic E-state index is 0.156. The number of fused-ring (bicyclic) bond motifs is 1. The number of hydrogen-bond donors (Lipinski definition) is 1. The SMILES string of the molecule is CC(C)n1ncc2c1CN(C(=O)Nc1c(-c3ccccc3F)ccnc1N1CCC(C)(F)C1)C2. The molecule has 1 N–H and O–H groups in total. The summed E-state index contributed by atoms with van der Waals surface area (Å²) < 4.78 is 31.3. The first-order valence-electron chi connectivity index (χ1n) is 11.5. The average Bonchev–Trinajstić information content (AvgIpc) is 3.48. The van der Waals surface area contributed by atoms with E-state index in [9.17, 15) is 13.6 Å². The van der Waals surface area contributed by atoms with Crippen LogP contribution in [0.4, 0.5) is 25.1 Å². The van der Waals surface area contributed by atoms with Crippen LogP contribution in [-0.2, 0) is 13.1 Å². The van der Waals surface area contributed by atoms with Crippen molar-refractivity contribution in [3.8, 4) is 11.1 Å². The molecule has 178 valence electrons. The zero-order valence-electron chi connectivity index (χ0n) is 19.6. The third-order valence-corrected chi connectivity index (χ3v) is 6.51. The van der Waals surface area contributed by atoms with E-state index in [1.54, 1.807) is 48.5 Å². The summed E-state index contributed by atoms with van der Waals surface area (Å²) in [5.74, 6) is 0.0399. The second-order valence-corrected chi connectivity index (χ2v) is 9.56. The molecule has 2 aliphatic heterocycles. The molecular formula is C25H28F2N6O. The molecule has 3 aromatic rings. The number of halogens is 2. The van der Waals surface area contributed by atoms with Gasteiger partial charge in [0.15, 0.2) is 5.82 Å². The van der Waals surface area contributed by atoms with Crippen LogP contribution in [-0.4, -0.2) is 44.5 Å². The van der Waals surface area contributed by atoms with Gasteiger partial charge in [0.2, 0.25) is 0 Å². The minimum atomic E-state index is -1.35. The smallest absolute Gasteiger partial charge is 0.322 e. The highest BCUT2D eigenvalue weighted by Crippen LogP contribution is 2.39. The third kappa shape index (κ3) is 3.99. The number of nitrogens with one attached hydrogen (secondary N) is 1. The number of alkyl halides is 1. The first-order valence-corrected chi connectivity index (χ1v) is 11.5. The van der Waals surface area contributed by atoms with Gasteiger partial charge in [-0.15, -0.1) is 0 Å². The van der Waals surface area contributed by atoms with Crippen LogP contribution in [0.2, 0.25) is 0 Å². The number of rotatable bonds is 4. The average molecular weight is 467 g/mol. The Morgan fingerprint density at radius 3 is 2.68 bits per heavy atom. The molecule has 1 saturated heterocycles. The lowest BCUT2D eigenvalue weighted by atomic mass is 10.0. The van der Waals surface area contributed by atoms with Crippen LogP contribution in [0.5, 0.6) is 0 Å². The molecule has 7 nitrogen and oxygen atoms in total. The second kappa shape index (κ2) is 8.38. The molecular weight excluding hydrogens is 438 g/mol. The van der Waals surface area contributed by atoms with E-state index in [0.717, 1.165) is 11.3 Å². The van der Waals surface area contributed by atoms with E-state index in [0.29, 0.717) is 48.7 Å². The molecule has 2 amide bonds. The van der Waals surface area contributed by atoms with Crippen molar-refractivity contribution in [3.05, 3.63) is 59.8 Å². The topological polar surface area (TPSA) is 66.3 Å². The molecule has 5 rings (SSSR count). The molecule has 0 aliphatic carbocycles. The second-order valence-electron chi connectivity index (χ2n) is 9.56. The molecule has 1 fully saturated rings. The van der Waals surface area contributed by atoms with E-state index >= 15 is 0 Å². The van der Waals surface area contributed by atoms with Crippen molar-refractivity contribution in [2.75, 3.05) is 23.3 Å². The highest BCUT2D eigenvalue weighted by atomic mass is 19.1. The number of anilines is 2. The van der Waals surface area contributed by atoms with Crippen LogP contribution < -0.4 is 10.2 Å². The van der Waals surface area contributed by atoms with Crippen molar-refractivity contribution in [2.45, 2.75) is 52.0 Å². The Kier molecular flexibility index (Phi) is 5.50. The highest BCUT2D eigenvalue weighted by Gasteiger charge is 2.36. The summed E-state index contributed by atoms with van der Waals surface area (Å²) in [7, 11) is 0. The van der Waals surface area contributed by atoms with E-state index in [4.69, 9.17) is 0 Å². The molecule has 0 radical (unpaired) electrons. The summed E-state index contributed by atoms with van der Waals surface area (Å²) in [4.78, 5) is 21.4. The number of carbonyl (C=O) groups excluding carboxylic acids is 1. The Bertz CT molecular complexity index is 1240. The summed E-state index contributed by atoms with van der Waals surface area (Å²) in [5.41, 5.74) is 1.92. The van der Waals surface area contributed by atoms with Crippen LogP contribution in [0, 0.1) is 5.82 Å². The lowest BCUT2D eigenvalue weighted by molar-refractivity contribution is 0.211. The Hall–Kier alpha value is -3.49. The molecule has 1 unspecified atom stereocenters. The summed E-state index contributed by atoms with van der Waals surface area (Å²) >= 11 is 0. The molecule has 0 spiro atoms. The molecule has 0 bridgehead atoms. The lowest BCUT2D eigenvalue weighted by Gasteiger charge is -2.25. The third-order valence-electron chi connectivity index (χ3n) is 6.51. The van der Waals surface area contributed by atoms with E-state index in [2.05, 4.69) is 15.4 Å². The number of aromatic nitrogens is 3.